The first-order chi connectivity index (χ1) is 10.1. The standard InChI is InChI=1S/C13H19N3O5S/c1-8-3-9(13(18)19)6-16(5-8)22(20,21)10-4-11(12(14)17)15(2)7-10/h4,7-9H,3,5-6H2,1-2H3,(H2,14,17)(H,18,19). The van der Waals surface area contributed by atoms with Gasteiger partial charge in [-0.25, -0.2) is 8.42 Å². The van der Waals surface area contributed by atoms with Crippen molar-refractivity contribution in [2.24, 2.45) is 24.6 Å². The third-order valence-corrected chi connectivity index (χ3v) is 5.64. The van der Waals surface area contributed by atoms with Crippen molar-refractivity contribution in [2.75, 3.05) is 13.1 Å². The predicted octanol–water partition coefficient (Wildman–Crippen LogP) is -0.145. The smallest absolute Gasteiger partial charge is 0.307 e. The molecule has 0 aliphatic carbocycles. The van der Waals surface area contributed by atoms with Gasteiger partial charge >= 0.3 is 5.97 Å². The Bertz CT molecular complexity index is 709. The first-order valence-corrected chi connectivity index (χ1v) is 8.26. The van der Waals surface area contributed by atoms with E-state index in [2.05, 4.69) is 0 Å². The van der Waals surface area contributed by atoms with E-state index in [-0.39, 0.29) is 29.6 Å². The number of nitrogens with zero attached hydrogens (tertiary/aromatic N) is 2. The van der Waals surface area contributed by atoms with Gasteiger partial charge in [0.2, 0.25) is 10.0 Å². The quantitative estimate of drug-likeness (QED) is 0.795. The number of carboxylic acid groups (broad SMARTS) is 1. The maximum absolute atomic E-state index is 12.7. The van der Waals surface area contributed by atoms with Crippen molar-refractivity contribution in [3.8, 4) is 0 Å². The van der Waals surface area contributed by atoms with E-state index in [1.165, 1.54) is 28.2 Å². The molecule has 2 unspecified atom stereocenters. The molecule has 3 N–H and O–H groups in total. The fourth-order valence-corrected chi connectivity index (χ4v) is 4.42. The summed E-state index contributed by atoms with van der Waals surface area (Å²) in [6.07, 6.45) is 1.76. The summed E-state index contributed by atoms with van der Waals surface area (Å²) in [6.45, 7) is 2.01. The molecule has 2 heterocycles. The van der Waals surface area contributed by atoms with Crippen molar-refractivity contribution in [1.29, 1.82) is 0 Å². The van der Waals surface area contributed by atoms with Gasteiger partial charge in [0, 0.05) is 26.3 Å². The Morgan fingerprint density at radius 2 is 2.00 bits per heavy atom. The van der Waals surface area contributed by atoms with Crippen molar-refractivity contribution in [2.45, 2.75) is 18.2 Å². The summed E-state index contributed by atoms with van der Waals surface area (Å²) in [5.41, 5.74) is 5.27. The van der Waals surface area contributed by atoms with Gasteiger partial charge in [0.05, 0.1) is 5.92 Å². The number of hydrogen-bond donors (Lipinski definition) is 2. The number of sulfonamides is 1. The van der Waals surface area contributed by atoms with Gasteiger partial charge < -0.3 is 15.4 Å². The van der Waals surface area contributed by atoms with E-state index >= 15 is 0 Å². The number of carbonyl (C=O) groups is 2. The Balaban J connectivity index is 2.35. The third-order valence-electron chi connectivity index (χ3n) is 3.85. The minimum atomic E-state index is -3.86. The van der Waals surface area contributed by atoms with Crippen LogP contribution in [0.5, 0.6) is 0 Å². The Morgan fingerprint density at radius 1 is 1.36 bits per heavy atom. The Morgan fingerprint density at radius 3 is 2.50 bits per heavy atom. The zero-order valence-corrected chi connectivity index (χ0v) is 13.2. The summed E-state index contributed by atoms with van der Waals surface area (Å²) in [7, 11) is -2.33. The number of hydrogen-bond acceptors (Lipinski definition) is 4. The average Bonchev–Trinajstić information content (AvgIpc) is 2.81. The van der Waals surface area contributed by atoms with Gasteiger partial charge in [-0.05, 0) is 18.4 Å². The van der Waals surface area contributed by atoms with Crippen molar-refractivity contribution in [3.63, 3.8) is 0 Å². The molecule has 0 saturated carbocycles. The average molecular weight is 329 g/mol. The fourth-order valence-electron chi connectivity index (χ4n) is 2.75. The Labute approximate surface area is 128 Å². The number of aromatic nitrogens is 1. The molecular weight excluding hydrogens is 310 g/mol. The molecule has 1 amide bonds. The molecule has 1 saturated heterocycles. The van der Waals surface area contributed by atoms with Crippen LogP contribution in [0.3, 0.4) is 0 Å². The molecular formula is C13H19N3O5S. The summed E-state index contributed by atoms with van der Waals surface area (Å²) in [5, 5.41) is 9.14. The molecule has 1 fully saturated rings. The van der Waals surface area contributed by atoms with Gasteiger partial charge in [0.15, 0.2) is 0 Å². The number of rotatable bonds is 4. The van der Waals surface area contributed by atoms with Crippen LogP contribution in [0.4, 0.5) is 0 Å². The van der Waals surface area contributed by atoms with Crippen LogP contribution in [0.25, 0.3) is 0 Å². The van der Waals surface area contributed by atoms with Gasteiger partial charge in [-0.2, -0.15) is 4.31 Å². The van der Waals surface area contributed by atoms with Gasteiger partial charge in [0.1, 0.15) is 10.6 Å². The Hall–Kier alpha value is -1.87. The van der Waals surface area contributed by atoms with Crippen molar-refractivity contribution in [1.82, 2.24) is 8.87 Å². The highest BCUT2D eigenvalue weighted by Gasteiger charge is 2.36. The van der Waals surface area contributed by atoms with E-state index in [0.717, 1.165) is 0 Å². The van der Waals surface area contributed by atoms with Crippen LogP contribution in [0, 0.1) is 11.8 Å². The summed E-state index contributed by atoms with van der Waals surface area (Å²) >= 11 is 0. The van der Waals surface area contributed by atoms with Gasteiger partial charge in [-0.3, -0.25) is 9.59 Å². The normalized spacial score (nSPS) is 23.4. The fraction of sp³-hybridized carbons (Fsp3) is 0.538. The molecule has 0 bridgehead atoms. The second kappa shape index (κ2) is 5.73. The lowest BCUT2D eigenvalue weighted by atomic mass is 9.92. The highest BCUT2D eigenvalue weighted by atomic mass is 32.2. The summed E-state index contributed by atoms with van der Waals surface area (Å²) < 4.78 is 27.8. The second-order valence-electron chi connectivity index (χ2n) is 5.73. The lowest BCUT2D eigenvalue weighted by molar-refractivity contribution is -0.143. The van der Waals surface area contributed by atoms with Crippen molar-refractivity contribution < 1.29 is 23.1 Å². The second-order valence-corrected chi connectivity index (χ2v) is 7.67. The SMILES string of the molecule is CC1CC(C(=O)O)CN(S(=O)(=O)c2cc(C(N)=O)n(C)c2)C1. The summed E-state index contributed by atoms with van der Waals surface area (Å²) in [4.78, 5) is 22.4. The Kier molecular flexibility index (Phi) is 4.30. The lowest BCUT2D eigenvalue weighted by Crippen LogP contribution is -2.45. The molecule has 1 aromatic heterocycles. The van der Waals surface area contributed by atoms with Crippen LogP contribution in [-0.2, 0) is 21.9 Å². The maximum atomic E-state index is 12.7. The van der Waals surface area contributed by atoms with Crippen LogP contribution in [0.15, 0.2) is 17.2 Å². The van der Waals surface area contributed by atoms with E-state index in [1.807, 2.05) is 6.92 Å². The molecule has 8 nitrogen and oxygen atoms in total. The van der Waals surface area contributed by atoms with Crippen LogP contribution < -0.4 is 5.73 Å². The van der Waals surface area contributed by atoms with Crippen LogP contribution >= 0.6 is 0 Å². The summed E-state index contributed by atoms with van der Waals surface area (Å²) in [5.74, 6) is -2.50. The number of amides is 1. The topological polar surface area (TPSA) is 123 Å². The third kappa shape index (κ3) is 3.00. The molecule has 1 aliphatic heterocycles. The monoisotopic (exact) mass is 329 g/mol. The van der Waals surface area contributed by atoms with E-state index in [4.69, 9.17) is 10.8 Å². The molecule has 2 rings (SSSR count). The maximum Gasteiger partial charge on any atom is 0.307 e. The van der Waals surface area contributed by atoms with Crippen LogP contribution in [0.2, 0.25) is 0 Å². The number of piperidine rings is 1. The minimum absolute atomic E-state index is 0.0519. The van der Waals surface area contributed by atoms with Crippen LogP contribution in [0.1, 0.15) is 23.8 Å². The van der Waals surface area contributed by atoms with Gasteiger partial charge in [-0.1, -0.05) is 6.92 Å². The molecule has 22 heavy (non-hydrogen) atoms. The molecule has 0 aromatic carbocycles. The largest absolute Gasteiger partial charge is 0.481 e. The van der Waals surface area contributed by atoms with Crippen molar-refractivity contribution >= 4 is 21.9 Å². The molecule has 1 aliphatic rings. The van der Waals surface area contributed by atoms with Gasteiger partial charge in [0.25, 0.3) is 5.91 Å². The zero-order valence-electron chi connectivity index (χ0n) is 12.4. The summed E-state index contributed by atoms with van der Waals surface area (Å²) in [6, 6.07) is 1.21. The lowest BCUT2D eigenvalue weighted by Gasteiger charge is -2.33. The van der Waals surface area contributed by atoms with E-state index < -0.39 is 27.8 Å². The predicted molar refractivity (Wildman–Crippen MR) is 77.6 cm³/mol. The van der Waals surface area contributed by atoms with E-state index in [0.29, 0.717) is 6.42 Å². The minimum Gasteiger partial charge on any atom is -0.481 e. The highest BCUT2D eigenvalue weighted by Crippen LogP contribution is 2.27. The number of aliphatic carboxylic acids is 1. The number of primary amides is 1. The zero-order chi connectivity index (χ0) is 16.7. The molecule has 0 spiro atoms. The number of nitrogens with two attached hydrogens (primary N) is 1. The molecule has 122 valence electrons. The highest BCUT2D eigenvalue weighted by molar-refractivity contribution is 7.89. The molecule has 1 aromatic rings. The first-order valence-electron chi connectivity index (χ1n) is 6.82. The molecule has 2 atom stereocenters. The molecule has 9 heteroatoms. The van der Waals surface area contributed by atoms with E-state index in [1.54, 1.807) is 0 Å². The first kappa shape index (κ1) is 16.5. The van der Waals surface area contributed by atoms with E-state index in [9.17, 15) is 18.0 Å². The van der Waals surface area contributed by atoms with Crippen molar-refractivity contribution in [3.05, 3.63) is 18.0 Å². The number of carboxylic acids is 1. The van der Waals surface area contributed by atoms with Gasteiger partial charge in [-0.15, -0.1) is 0 Å². The molecule has 0 radical (unpaired) electrons. The van der Waals surface area contributed by atoms with Crippen LogP contribution in [-0.4, -0.2) is 47.4 Å². The number of carbonyl (C=O) groups excluding carboxylic acids is 1. The number of aryl methyl sites for hydroxylation is 1.